The maximum absolute atomic E-state index is 5.33. The smallest absolute Gasteiger partial charge is 0.191 e. The Morgan fingerprint density at radius 2 is 2.16 bits per heavy atom. The summed E-state index contributed by atoms with van der Waals surface area (Å²) in [5.41, 5.74) is 2.32. The fourth-order valence-electron chi connectivity index (χ4n) is 1.69. The molecule has 0 radical (unpaired) electrons. The van der Waals surface area contributed by atoms with E-state index in [1.54, 1.807) is 14.2 Å². The van der Waals surface area contributed by atoms with Crippen LogP contribution in [-0.2, 0) is 6.54 Å². The molecule has 4 heteroatoms. The summed E-state index contributed by atoms with van der Waals surface area (Å²) in [6, 6.07) is 6.64. The molecular weight excluding hydrogens is 238 g/mol. The SMILES string of the molecule is CCC(C)NC(=NC)NCc1ccc(C)c(OC)c1. The van der Waals surface area contributed by atoms with E-state index in [9.17, 15) is 0 Å². The number of hydrogen-bond donors (Lipinski definition) is 2. The third-order valence-corrected chi connectivity index (χ3v) is 3.15. The second-order valence-corrected chi connectivity index (χ2v) is 4.68. The van der Waals surface area contributed by atoms with Crippen LogP contribution in [0, 0.1) is 6.92 Å². The number of ether oxygens (including phenoxy) is 1. The van der Waals surface area contributed by atoms with E-state index in [-0.39, 0.29) is 0 Å². The summed E-state index contributed by atoms with van der Waals surface area (Å²) in [5.74, 6) is 1.75. The highest BCUT2D eigenvalue weighted by atomic mass is 16.5. The number of aliphatic imine (C=N–C) groups is 1. The van der Waals surface area contributed by atoms with Crippen LogP contribution in [-0.4, -0.2) is 26.2 Å². The van der Waals surface area contributed by atoms with E-state index in [1.165, 1.54) is 5.56 Å². The lowest BCUT2D eigenvalue weighted by atomic mass is 10.1. The minimum Gasteiger partial charge on any atom is -0.496 e. The highest BCUT2D eigenvalue weighted by Crippen LogP contribution is 2.18. The summed E-state index contributed by atoms with van der Waals surface area (Å²) >= 11 is 0. The van der Waals surface area contributed by atoms with Gasteiger partial charge in [0.2, 0.25) is 0 Å². The molecule has 1 rings (SSSR count). The van der Waals surface area contributed by atoms with Crippen LogP contribution in [0.4, 0.5) is 0 Å². The molecule has 106 valence electrons. The molecule has 0 saturated heterocycles. The van der Waals surface area contributed by atoms with Crippen molar-refractivity contribution in [1.82, 2.24) is 10.6 Å². The van der Waals surface area contributed by atoms with Gasteiger partial charge in [-0.3, -0.25) is 4.99 Å². The van der Waals surface area contributed by atoms with Crippen LogP contribution in [0.3, 0.4) is 0 Å². The van der Waals surface area contributed by atoms with Crippen molar-refractivity contribution in [3.63, 3.8) is 0 Å². The van der Waals surface area contributed by atoms with Gasteiger partial charge in [0, 0.05) is 19.6 Å². The number of benzene rings is 1. The molecule has 0 fully saturated rings. The summed E-state index contributed by atoms with van der Waals surface area (Å²) in [5, 5.41) is 6.64. The second-order valence-electron chi connectivity index (χ2n) is 4.68. The molecule has 0 aliphatic rings. The first-order chi connectivity index (χ1) is 9.10. The molecule has 0 bridgehead atoms. The van der Waals surface area contributed by atoms with E-state index in [1.807, 2.05) is 6.92 Å². The van der Waals surface area contributed by atoms with Gasteiger partial charge in [-0.25, -0.2) is 0 Å². The van der Waals surface area contributed by atoms with Crippen molar-refractivity contribution in [1.29, 1.82) is 0 Å². The molecular formula is C15H25N3O. The van der Waals surface area contributed by atoms with E-state index in [2.05, 4.69) is 47.7 Å². The quantitative estimate of drug-likeness (QED) is 0.633. The molecule has 0 saturated carbocycles. The van der Waals surface area contributed by atoms with Crippen LogP contribution in [0.15, 0.2) is 23.2 Å². The zero-order valence-corrected chi connectivity index (χ0v) is 12.6. The van der Waals surface area contributed by atoms with Crippen molar-refractivity contribution in [3.05, 3.63) is 29.3 Å². The van der Waals surface area contributed by atoms with Gasteiger partial charge in [-0.1, -0.05) is 19.1 Å². The number of hydrogen-bond acceptors (Lipinski definition) is 2. The summed E-state index contributed by atoms with van der Waals surface area (Å²) in [6.45, 7) is 7.06. The molecule has 1 aromatic rings. The standard InChI is InChI=1S/C15H25N3O/c1-6-12(3)18-15(16-4)17-10-13-8-7-11(2)14(9-13)19-5/h7-9,12H,6,10H2,1-5H3,(H2,16,17,18). The molecule has 0 aromatic heterocycles. The van der Waals surface area contributed by atoms with Gasteiger partial charge in [0.25, 0.3) is 0 Å². The molecule has 1 unspecified atom stereocenters. The molecule has 0 amide bonds. The molecule has 1 atom stereocenters. The van der Waals surface area contributed by atoms with Crippen LogP contribution < -0.4 is 15.4 Å². The number of methoxy groups -OCH3 is 1. The Hall–Kier alpha value is -1.71. The van der Waals surface area contributed by atoms with E-state index in [4.69, 9.17) is 4.74 Å². The third-order valence-electron chi connectivity index (χ3n) is 3.15. The first-order valence-corrected chi connectivity index (χ1v) is 6.71. The maximum Gasteiger partial charge on any atom is 0.191 e. The fourth-order valence-corrected chi connectivity index (χ4v) is 1.69. The van der Waals surface area contributed by atoms with Gasteiger partial charge in [0.1, 0.15) is 5.75 Å². The van der Waals surface area contributed by atoms with Crippen molar-refractivity contribution < 1.29 is 4.74 Å². The predicted molar refractivity (Wildman–Crippen MR) is 80.8 cm³/mol. The van der Waals surface area contributed by atoms with Crippen LogP contribution in [0.5, 0.6) is 5.75 Å². The number of nitrogens with zero attached hydrogens (tertiary/aromatic N) is 1. The molecule has 4 nitrogen and oxygen atoms in total. The number of guanidine groups is 1. The highest BCUT2D eigenvalue weighted by Gasteiger charge is 2.04. The normalized spacial score (nSPS) is 13.0. The topological polar surface area (TPSA) is 45.7 Å². The van der Waals surface area contributed by atoms with Gasteiger partial charge in [-0.05, 0) is 37.5 Å². The lowest BCUT2D eigenvalue weighted by Crippen LogP contribution is -2.41. The highest BCUT2D eigenvalue weighted by molar-refractivity contribution is 5.79. The van der Waals surface area contributed by atoms with Gasteiger partial charge in [0.15, 0.2) is 5.96 Å². The average molecular weight is 263 g/mol. The largest absolute Gasteiger partial charge is 0.496 e. The Morgan fingerprint density at radius 3 is 2.74 bits per heavy atom. The van der Waals surface area contributed by atoms with Gasteiger partial charge in [0.05, 0.1) is 7.11 Å². The van der Waals surface area contributed by atoms with Crippen molar-refractivity contribution >= 4 is 5.96 Å². The monoisotopic (exact) mass is 263 g/mol. The third kappa shape index (κ3) is 4.81. The second kappa shape index (κ2) is 7.67. The fraction of sp³-hybridized carbons (Fsp3) is 0.533. The van der Waals surface area contributed by atoms with E-state index < -0.39 is 0 Å². The lowest BCUT2D eigenvalue weighted by Gasteiger charge is -2.16. The van der Waals surface area contributed by atoms with Crippen molar-refractivity contribution in [2.24, 2.45) is 4.99 Å². The van der Waals surface area contributed by atoms with Crippen molar-refractivity contribution in [2.45, 2.75) is 39.8 Å². The van der Waals surface area contributed by atoms with Crippen LogP contribution in [0.1, 0.15) is 31.4 Å². The van der Waals surface area contributed by atoms with Crippen LogP contribution in [0.25, 0.3) is 0 Å². The van der Waals surface area contributed by atoms with Gasteiger partial charge in [-0.2, -0.15) is 0 Å². The van der Waals surface area contributed by atoms with Gasteiger partial charge >= 0.3 is 0 Å². The van der Waals surface area contributed by atoms with Gasteiger partial charge in [-0.15, -0.1) is 0 Å². The van der Waals surface area contributed by atoms with E-state index in [0.717, 1.165) is 30.2 Å². The Labute approximate surface area is 116 Å². The van der Waals surface area contributed by atoms with E-state index >= 15 is 0 Å². The minimum atomic E-state index is 0.416. The van der Waals surface area contributed by atoms with E-state index in [0.29, 0.717) is 6.04 Å². The Morgan fingerprint density at radius 1 is 1.42 bits per heavy atom. The Bertz CT molecular complexity index is 429. The van der Waals surface area contributed by atoms with Crippen molar-refractivity contribution in [3.8, 4) is 5.75 Å². The van der Waals surface area contributed by atoms with Crippen LogP contribution in [0.2, 0.25) is 0 Å². The molecule has 0 spiro atoms. The predicted octanol–water partition coefficient (Wildman–Crippen LogP) is 2.47. The molecule has 2 N–H and O–H groups in total. The Kier molecular flexibility index (Phi) is 6.19. The Balaban J connectivity index is 2.60. The van der Waals surface area contributed by atoms with Gasteiger partial charge < -0.3 is 15.4 Å². The average Bonchev–Trinajstić information content (AvgIpc) is 2.44. The first-order valence-electron chi connectivity index (χ1n) is 6.71. The number of aryl methyl sites for hydroxylation is 1. The summed E-state index contributed by atoms with van der Waals surface area (Å²) in [7, 11) is 3.48. The zero-order valence-electron chi connectivity index (χ0n) is 12.6. The zero-order chi connectivity index (χ0) is 14.3. The molecule has 1 aromatic carbocycles. The lowest BCUT2D eigenvalue weighted by molar-refractivity contribution is 0.411. The first kappa shape index (κ1) is 15.3. The summed E-state index contributed by atoms with van der Waals surface area (Å²) < 4.78 is 5.33. The summed E-state index contributed by atoms with van der Waals surface area (Å²) in [6.07, 6.45) is 1.07. The number of nitrogens with one attached hydrogen (secondary N) is 2. The molecule has 19 heavy (non-hydrogen) atoms. The number of rotatable bonds is 5. The molecule has 0 aliphatic heterocycles. The van der Waals surface area contributed by atoms with Crippen LogP contribution >= 0.6 is 0 Å². The molecule has 0 heterocycles. The summed E-state index contributed by atoms with van der Waals surface area (Å²) in [4.78, 5) is 4.21. The molecule has 0 aliphatic carbocycles. The van der Waals surface area contributed by atoms with Crippen molar-refractivity contribution in [2.75, 3.05) is 14.2 Å². The minimum absolute atomic E-state index is 0.416. The maximum atomic E-state index is 5.33.